The van der Waals surface area contributed by atoms with Gasteiger partial charge in [0.1, 0.15) is 0 Å². The highest BCUT2D eigenvalue weighted by molar-refractivity contribution is 5.85. The van der Waals surface area contributed by atoms with Crippen LogP contribution in [0.4, 0.5) is 0 Å². The highest BCUT2D eigenvalue weighted by atomic mass is 35.5. The molecule has 0 bridgehead atoms. The summed E-state index contributed by atoms with van der Waals surface area (Å²) in [7, 11) is 1.86. The average Bonchev–Trinajstić information content (AvgIpc) is 2.96. The number of benzene rings is 1. The van der Waals surface area contributed by atoms with Crippen molar-refractivity contribution < 1.29 is 4.79 Å². The van der Waals surface area contributed by atoms with Crippen molar-refractivity contribution in [2.45, 2.75) is 19.9 Å². The Hall–Kier alpha value is -1.14. The Morgan fingerprint density at radius 1 is 1.36 bits per heavy atom. The van der Waals surface area contributed by atoms with E-state index in [0.717, 1.165) is 5.56 Å². The van der Waals surface area contributed by atoms with Gasteiger partial charge in [0, 0.05) is 20.1 Å². The number of hydrogen-bond donors (Lipinski definition) is 3. The molecule has 5 nitrogen and oxygen atoms in total. The van der Waals surface area contributed by atoms with Crippen LogP contribution in [0.25, 0.3) is 0 Å². The highest BCUT2D eigenvalue weighted by Gasteiger charge is 2.36. The molecule has 1 saturated heterocycles. The molecule has 2 atom stereocenters. The fourth-order valence-electron chi connectivity index (χ4n) is 2.77. The first-order chi connectivity index (χ1) is 9.94. The van der Waals surface area contributed by atoms with Gasteiger partial charge >= 0.3 is 0 Å². The van der Waals surface area contributed by atoms with Crippen LogP contribution in [0.5, 0.6) is 0 Å². The molecule has 1 heterocycles. The molecule has 124 valence electrons. The van der Waals surface area contributed by atoms with Crippen molar-refractivity contribution >= 4 is 18.3 Å². The number of hydrazine groups is 1. The zero-order chi connectivity index (χ0) is 15.5. The molecule has 0 spiro atoms. The second-order valence-corrected chi connectivity index (χ2v) is 6.58. The van der Waals surface area contributed by atoms with Gasteiger partial charge in [-0.15, -0.1) is 12.4 Å². The standard InChI is InChI=1S/C16H26N4O.ClH/c1-16(2,10-17)11-20(3)15(21)13-9-18-19-14(13)12-7-5-4-6-8-12;/h4-8,13-14,18-19H,9-11,17H2,1-3H3;1H. The lowest BCUT2D eigenvalue weighted by atomic mass is 9.90. The first-order valence-electron chi connectivity index (χ1n) is 7.43. The Morgan fingerprint density at radius 3 is 2.59 bits per heavy atom. The lowest BCUT2D eigenvalue weighted by Crippen LogP contribution is -2.43. The minimum atomic E-state index is -0.0917. The third-order valence-electron chi connectivity index (χ3n) is 4.05. The molecule has 1 amide bonds. The molecule has 2 rings (SSSR count). The summed E-state index contributed by atoms with van der Waals surface area (Å²) in [5, 5.41) is 0. The van der Waals surface area contributed by atoms with Crippen molar-refractivity contribution in [2.24, 2.45) is 17.1 Å². The van der Waals surface area contributed by atoms with E-state index in [9.17, 15) is 4.79 Å². The van der Waals surface area contributed by atoms with Gasteiger partial charge < -0.3 is 10.6 Å². The summed E-state index contributed by atoms with van der Waals surface area (Å²) in [6.07, 6.45) is 0. The third-order valence-corrected chi connectivity index (χ3v) is 4.05. The quantitative estimate of drug-likeness (QED) is 0.763. The largest absolute Gasteiger partial charge is 0.345 e. The molecule has 1 aliphatic heterocycles. The van der Waals surface area contributed by atoms with Gasteiger partial charge in [0.2, 0.25) is 5.91 Å². The molecular formula is C16H27ClN4O. The van der Waals surface area contributed by atoms with Gasteiger partial charge in [0.25, 0.3) is 0 Å². The number of halogens is 1. The number of carbonyl (C=O) groups is 1. The van der Waals surface area contributed by atoms with Gasteiger partial charge in [-0.25, -0.2) is 5.43 Å². The normalized spacial score (nSPS) is 21.3. The molecule has 1 aliphatic rings. The molecule has 0 aromatic heterocycles. The van der Waals surface area contributed by atoms with Gasteiger partial charge in [-0.1, -0.05) is 44.2 Å². The second-order valence-electron chi connectivity index (χ2n) is 6.58. The summed E-state index contributed by atoms with van der Waals surface area (Å²) in [5.74, 6) is 0.0638. The highest BCUT2D eigenvalue weighted by Crippen LogP contribution is 2.27. The summed E-state index contributed by atoms with van der Waals surface area (Å²) in [4.78, 5) is 14.5. The van der Waals surface area contributed by atoms with Crippen molar-refractivity contribution in [1.29, 1.82) is 0 Å². The van der Waals surface area contributed by atoms with Crippen LogP contribution in [0.2, 0.25) is 0 Å². The van der Waals surface area contributed by atoms with Crippen molar-refractivity contribution in [3.8, 4) is 0 Å². The molecule has 4 N–H and O–H groups in total. The van der Waals surface area contributed by atoms with Gasteiger partial charge in [0.05, 0.1) is 12.0 Å². The predicted octanol–water partition coefficient (Wildman–Crippen LogP) is 1.32. The SMILES string of the molecule is CN(CC(C)(C)CN)C(=O)C1CNNC1c1ccccc1.Cl. The van der Waals surface area contributed by atoms with Crippen LogP contribution >= 0.6 is 12.4 Å². The molecule has 1 aromatic rings. The monoisotopic (exact) mass is 326 g/mol. The topological polar surface area (TPSA) is 70.4 Å². The number of nitrogens with two attached hydrogens (primary N) is 1. The molecule has 6 heteroatoms. The Labute approximate surface area is 139 Å². The number of hydrogen-bond acceptors (Lipinski definition) is 4. The van der Waals surface area contributed by atoms with E-state index < -0.39 is 0 Å². The summed E-state index contributed by atoms with van der Waals surface area (Å²) in [6.45, 7) is 6.03. The van der Waals surface area contributed by atoms with Crippen LogP contribution in [0.1, 0.15) is 25.5 Å². The third kappa shape index (κ3) is 4.43. The predicted molar refractivity (Wildman–Crippen MR) is 91.5 cm³/mol. The van der Waals surface area contributed by atoms with Gasteiger partial charge in [-0.05, 0) is 17.5 Å². The van der Waals surface area contributed by atoms with Gasteiger partial charge in [-0.3, -0.25) is 10.2 Å². The summed E-state index contributed by atoms with van der Waals surface area (Å²) in [6, 6.07) is 10.1. The van der Waals surface area contributed by atoms with E-state index in [-0.39, 0.29) is 35.7 Å². The maximum Gasteiger partial charge on any atom is 0.228 e. The van der Waals surface area contributed by atoms with Crippen molar-refractivity contribution in [3.63, 3.8) is 0 Å². The van der Waals surface area contributed by atoms with Crippen LogP contribution in [-0.2, 0) is 4.79 Å². The van der Waals surface area contributed by atoms with Crippen LogP contribution in [0.3, 0.4) is 0 Å². The number of nitrogens with zero attached hydrogens (tertiary/aromatic N) is 1. The molecule has 1 aromatic carbocycles. The Kier molecular flexibility index (Phi) is 6.81. The van der Waals surface area contributed by atoms with E-state index in [2.05, 4.69) is 36.8 Å². The van der Waals surface area contributed by atoms with E-state index in [1.165, 1.54) is 0 Å². The molecule has 22 heavy (non-hydrogen) atoms. The molecule has 1 fully saturated rings. The minimum Gasteiger partial charge on any atom is -0.345 e. The van der Waals surface area contributed by atoms with Crippen molar-refractivity contribution in [2.75, 3.05) is 26.7 Å². The maximum absolute atomic E-state index is 12.7. The first-order valence-corrected chi connectivity index (χ1v) is 7.43. The fourth-order valence-corrected chi connectivity index (χ4v) is 2.77. The van der Waals surface area contributed by atoms with Crippen LogP contribution in [-0.4, -0.2) is 37.5 Å². The number of nitrogens with one attached hydrogen (secondary N) is 2. The zero-order valence-electron chi connectivity index (χ0n) is 13.5. The summed E-state index contributed by atoms with van der Waals surface area (Å²) >= 11 is 0. The van der Waals surface area contributed by atoms with Crippen LogP contribution in [0, 0.1) is 11.3 Å². The fraction of sp³-hybridized carbons (Fsp3) is 0.562. The number of carbonyl (C=O) groups excluding carboxylic acids is 1. The smallest absolute Gasteiger partial charge is 0.228 e. The molecule has 0 saturated carbocycles. The van der Waals surface area contributed by atoms with E-state index in [0.29, 0.717) is 19.6 Å². The minimum absolute atomic E-state index is 0. The van der Waals surface area contributed by atoms with Gasteiger partial charge in [0.15, 0.2) is 0 Å². The first kappa shape index (κ1) is 18.9. The van der Waals surface area contributed by atoms with E-state index in [1.807, 2.05) is 30.1 Å². The molecule has 0 aliphatic carbocycles. The van der Waals surface area contributed by atoms with E-state index in [1.54, 1.807) is 0 Å². The lowest BCUT2D eigenvalue weighted by molar-refractivity contribution is -0.135. The Morgan fingerprint density at radius 2 is 2.00 bits per heavy atom. The van der Waals surface area contributed by atoms with Gasteiger partial charge in [-0.2, -0.15) is 0 Å². The van der Waals surface area contributed by atoms with E-state index >= 15 is 0 Å². The Balaban J connectivity index is 0.00000242. The summed E-state index contributed by atoms with van der Waals surface area (Å²) < 4.78 is 0. The average molecular weight is 327 g/mol. The van der Waals surface area contributed by atoms with E-state index in [4.69, 9.17) is 5.73 Å². The van der Waals surface area contributed by atoms with Crippen LogP contribution < -0.4 is 16.6 Å². The van der Waals surface area contributed by atoms with Crippen LogP contribution in [0.15, 0.2) is 30.3 Å². The maximum atomic E-state index is 12.7. The van der Waals surface area contributed by atoms with Crippen molar-refractivity contribution in [3.05, 3.63) is 35.9 Å². The van der Waals surface area contributed by atoms with Crippen molar-refractivity contribution in [1.82, 2.24) is 15.8 Å². The molecular weight excluding hydrogens is 300 g/mol. The second kappa shape index (κ2) is 7.92. The summed E-state index contributed by atoms with van der Waals surface area (Å²) in [5.41, 5.74) is 13.2. The number of amides is 1. The molecule has 0 radical (unpaired) electrons. The zero-order valence-corrected chi connectivity index (χ0v) is 14.3. The molecule has 2 unspecified atom stereocenters. The Bertz CT molecular complexity index is 480. The lowest BCUT2D eigenvalue weighted by Gasteiger charge is -2.31. The number of rotatable bonds is 5.